The van der Waals surface area contributed by atoms with Crippen molar-refractivity contribution in [2.75, 3.05) is 16.9 Å². The van der Waals surface area contributed by atoms with Crippen LogP contribution in [0.15, 0.2) is 64.1 Å². The lowest BCUT2D eigenvalue weighted by molar-refractivity contribution is 0.0984. The molecule has 0 bridgehead atoms. The quantitative estimate of drug-likeness (QED) is 0.531. The van der Waals surface area contributed by atoms with Crippen molar-refractivity contribution >= 4 is 43.0 Å². The number of nitriles is 1. The van der Waals surface area contributed by atoms with Crippen LogP contribution in [-0.2, 0) is 16.4 Å². The molecule has 0 saturated carbocycles. The van der Waals surface area contributed by atoms with Crippen LogP contribution in [0.5, 0.6) is 0 Å². The third-order valence-electron chi connectivity index (χ3n) is 4.38. The fourth-order valence-electron chi connectivity index (χ4n) is 2.89. The summed E-state index contributed by atoms with van der Waals surface area (Å²) in [7, 11) is -3.86. The van der Waals surface area contributed by atoms with Crippen LogP contribution in [0.4, 0.5) is 15.8 Å². The van der Waals surface area contributed by atoms with E-state index in [0.29, 0.717) is 15.7 Å². The summed E-state index contributed by atoms with van der Waals surface area (Å²) < 4.78 is 39.2. The molecule has 0 spiro atoms. The zero-order valence-corrected chi connectivity index (χ0v) is 18.6. The van der Waals surface area contributed by atoms with Crippen molar-refractivity contribution in [2.45, 2.75) is 11.4 Å². The highest BCUT2D eigenvalue weighted by Crippen LogP contribution is 2.30. The maximum absolute atomic E-state index is 13.8. The van der Waals surface area contributed by atoms with Gasteiger partial charge < -0.3 is 10.6 Å². The van der Waals surface area contributed by atoms with Crippen LogP contribution in [0.3, 0.4) is 0 Å². The van der Waals surface area contributed by atoms with Crippen LogP contribution in [0, 0.1) is 17.1 Å². The fraction of sp³-hybridized carbons (Fsp3) is 0.0952. The van der Waals surface area contributed by atoms with Gasteiger partial charge in [0.25, 0.3) is 5.91 Å². The minimum atomic E-state index is -3.86. The summed E-state index contributed by atoms with van der Waals surface area (Å²) in [6.45, 7) is -0.0372. The second-order valence-electron chi connectivity index (χ2n) is 6.68. The van der Waals surface area contributed by atoms with Gasteiger partial charge in [-0.2, -0.15) is 5.26 Å². The van der Waals surface area contributed by atoms with E-state index in [2.05, 4.69) is 20.9 Å². The normalized spacial score (nSPS) is 11.0. The van der Waals surface area contributed by atoms with E-state index in [4.69, 9.17) is 11.0 Å². The first-order valence-corrected chi connectivity index (χ1v) is 11.5. The minimum absolute atomic E-state index is 0.0137. The molecule has 3 aromatic rings. The number of hydrogen-bond donors (Lipinski definition) is 1. The molecule has 0 aliphatic heterocycles. The summed E-state index contributed by atoms with van der Waals surface area (Å²) in [5, 5.41) is 8.92. The van der Waals surface area contributed by atoms with Gasteiger partial charge in [0, 0.05) is 22.6 Å². The summed E-state index contributed by atoms with van der Waals surface area (Å²) in [5.41, 5.74) is 7.27. The molecule has 0 unspecified atom stereocenters. The summed E-state index contributed by atoms with van der Waals surface area (Å²) in [5.74, 6) is -1.32. The Kier molecular flexibility index (Phi) is 6.38. The first-order valence-electron chi connectivity index (χ1n) is 8.81. The van der Waals surface area contributed by atoms with Crippen molar-refractivity contribution in [1.29, 1.82) is 5.26 Å². The molecule has 3 rings (SSSR count). The van der Waals surface area contributed by atoms with E-state index < -0.39 is 21.6 Å². The Morgan fingerprint density at radius 3 is 2.55 bits per heavy atom. The van der Waals surface area contributed by atoms with Crippen LogP contribution < -0.4 is 10.6 Å². The number of rotatable bonds is 5. The molecule has 7 nitrogen and oxygen atoms in total. The molecule has 0 aliphatic rings. The van der Waals surface area contributed by atoms with Gasteiger partial charge in [-0.3, -0.25) is 4.79 Å². The number of nitrogen functional groups attached to an aromatic ring is 1. The molecular formula is C21H16BrFN4O3S. The number of amides is 1. The maximum Gasteiger partial charge on any atom is 0.260 e. The SMILES string of the molecule is CS(=O)(=O)c1cc(F)ccc1N(Cc1ccc(Br)c(N)c1)C(=O)c1ccc(C#N)nc1. The first-order chi connectivity index (χ1) is 14.6. The maximum atomic E-state index is 13.8. The molecule has 1 heterocycles. The minimum Gasteiger partial charge on any atom is -0.398 e. The van der Waals surface area contributed by atoms with Gasteiger partial charge in [0.15, 0.2) is 9.84 Å². The van der Waals surface area contributed by atoms with E-state index in [1.165, 1.54) is 29.3 Å². The molecular weight excluding hydrogens is 487 g/mol. The monoisotopic (exact) mass is 502 g/mol. The molecule has 0 radical (unpaired) electrons. The Bertz CT molecular complexity index is 1310. The third-order valence-corrected chi connectivity index (χ3v) is 6.23. The number of nitrogens with two attached hydrogens (primary N) is 1. The zero-order valence-electron chi connectivity index (χ0n) is 16.2. The van der Waals surface area contributed by atoms with E-state index in [9.17, 15) is 17.6 Å². The summed E-state index contributed by atoms with van der Waals surface area (Å²) in [6, 6.07) is 12.9. The van der Waals surface area contributed by atoms with Crippen molar-refractivity contribution in [3.63, 3.8) is 0 Å². The number of carbonyl (C=O) groups excluding carboxylic acids is 1. The van der Waals surface area contributed by atoms with Crippen LogP contribution in [0.25, 0.3) is 0 Å². The van der Waals surface area contributed by atoms with Crippen molar-refractivity contribution in [3.05, 3.63) is 81.8 Å². The Hall–Kier alpha value is -3.29. The molecule has 10 heteroatoms. The molecule has 0 saturated heterocycles. The lowest BCUT2D eigenvalue weighted by Crippen LogP contribution is -2.32. The third kappa shape index (κ3) is 5.07. The molecule has 2 aromatic carbocycles. The average Bonchev–Trinajstić information content (AvgIpc) is 2.73. The lowest BCUT2D eigenvalue weighted by atomic mass is 10.1. The summed E-state index contributed by atoms with van der Waals surface area (Å²) >= 11 is 3.30. The Labute approximate surface area is 187 Å². The number of pyridine rings is 1. The molecule has 1 amide bonds. The molecule has 2 N–H and O–H groups in total. The van der Waals surface area contributed by atoms with E-state index in [0.717, 1.165) is 18.4 Å². The van der Waals surface area contributed by atoms with Gasteiger partial charge in [-0.1, -0.05) is 6.07 Å². The number of nitrogens with zero attached hydrogens (tertiary/aromatic N) is 3. The number of benzene rings is 2. The second-order valence-corrected chi connectivity index (χ2v) is 9.51. The number of hydrogen-bond acceptors (Lipinski definition) is 6. The predicted molar refractivity (Wildman–Crippen MR) is 118 cm³/mol. The zero-order chi connectivity index (χ0) is 22.8. The van der Waals surface area contributed by atoms with Crippen LogP contribution in [-0.4, -0.2) is 25.6 Å². The van der Waals surface area contributed by atoms with Gasteiger partial charge in [-0.25, -0.2) is 17.8 Å². The topological polar surface area (TPSA) is 117 Å². The number of anilines is 2. The Balaban J connectivity index is 2.15. The summed E-state index contributed by atoms with van der Waals surface area (Å²) in [4.78, 5) is 18.1. The van der Waals surface area contributed by atoms with Gasteiger partial charge in [0.2, 0.25) is 0 Å². The van der Waals surface area contributed by atoms with E-state index >= 15 is 0 Å². The first kappa shape index (κ1) is 22.4. The highest BCUT2D eigenvalue weighted by molar-refractivity contribution is 9.10. The van der Waals surface area contributed by atoms with E-state index in [-0.39, 0.29) is 28.4 Å². The number of halogens is 2. The standard InChI is InChI=1S/C21H16BrFN4O3S/c1-31(29,30)20-9-15(23)4-7-19(20)27(12-13-2-6-17(22)18(25)8-13)21(28)14-3-5-16(10-24)26-11-14/h2-9,11H,12,25H2,1H3. The Morgan fingerprint density at radius 1 is 1.23 bits per heavy atom. The van der Waals surface area contributed by atoms with Crippen molar-refractivity contribution in [3.8, 4) is 6.07 Å². The van der Waals surface area contributed by atoms with Crippen molar-refractivity contribution in [1.82, 2.24) is 4.98 Å². The lowest BCUT2D eigenvalue weighted by Gasteiger charge is -2.25. The van der Waals surface area contributed by atoms with Gasteiger partial charge in [-0.05, 0) is 64.0 Å². The highest BCUT2D eigenvalue weighted by atomic mass is 79.9. The fourth-order valence-corrected chi connectivity index (χ4v) is 4.02. The molecule has 0 aliphatic carbocycles. The van der Waals surface area contributed by atoms with Gasteiger partial charge in [0.05, 0.1) is 22.7 Å². The second kappa shape index (κ2) is 8.83. The van der Waals surface area contributed by atoms with Gasteiger partial charge in [0.1, 0.15) is 17.6 Å². The number of sulfone groups is 1. The average molecular weight is 503 g/mol. The number of aromatic nitrogens is 1. The number of carbonyl (C=O) groups is 1. The molecule has 0 fully saturated rings. The summed E-state index contributed by atoms with van der Waals surface area (Å²) in [6.07, 6.45) is 2.17. The van der Waals surface area contributed by atoms with E-state index in [1.54, 1.807) is 18.2 Å². The highest BCUT2D eigenvalue weighted by Gasteiger charge is 2.25. The molecule has 158 valence electrons. The van der Waals surface area contributed by atoms with Crippen LogP contribution in [0.1, 0.15) is 21.6 Å². The molecule has 1 aromatic heterocycles. The molecule has 31 heavy (non-hydrogen) atoms. The van der Waals surface area contributed by atoms with Crippen molar-refractivity contribution in [2.24, 2.45) is 0 Å². The largest absolute Gasteiger partial charge is 0.398 e. The Morgan fingerprint density at radius 2 is 1.97 bits per heavy atom. The predicted octanol–water partition coefficient (Wildman–Crippen LogP) is 3.69. The van der Waals surface area contributed by atoms with E-state index in [1.807, 2.05) is 6.07 Å². The van der Waals surface area contributed by atoms with Crippen LogP contribution >= 0.6 is 15.9 Å². The van der Waals surface area contributed by atoms with Gasteiger partial charge in [-0.15, -0.1) is 0 Å². The van der Waals surface area contributed by atoms with Crippen LogP contribution in [0.2, 0.25) is 0 Å². The molecule has 0 atom stereocenters. The van der Waals surface area contributed by atoms with Gasteiger partial charge >= 0.3 is 0 Å². The smallest absolute Gasteiger partial charge is 0.260 e. The van der Waals surface area contributed by atoms with Crippen molar-refractivity contribution < 1.29 is 17.6 Å².